The van der Waals surface area contributed by atoms with Crippen LogP contribution < -0.4 is 20.3 Å². The first-order valence-corrected chi connectivity index (χ1v) is 9.20. The van der Waals surface area contributed by atoms with Crippen LogP contribution in [0.1, 0.15) is 23.7 Å². The van der Waals surface area contributed by atoms with Crippen molar-refractivity contribution in [3.8, 4) is 5.75 Å². The number of rotatable bonds is 7. The Labute approximate surface area is 154 Å². The fourth-order valence-electron chi connectivity index (χ4n) is 2.30. The highest BCUT2D eigenvalue weighted by molar-refractivity contribution is 7.13. The van der Waals surface area contributed by atoms with Crippen LogP contribution in [-0.2, 0) is 13.1 Å². The fraction of sp³-hybridized carbons (Fsp3) is 0.444. The van der Waals surface area contributed by atoms with Crippen LogP contribution in [0.2, 0.25) is 0 Å². The van der Waals surface area contributed by atoms with Gasteiger partial charge in [0.2, 0.25) is 0 Å². The van der Waals surface area contributed by atoms with Gasteiger partial charge in [-0.3, -0.25) is 4.99 Å². The summed E-state index contributed by atoms with van der Waals surface area (Å²) in [6.45, 7) is 6.08. The quantitative estimate of drug-likeness (QED) is 0.587. The van der Waals surface area contributed by atoms with Crippen molar-refractivity contribution in [2.45, 2.75) is 26.9 Å². The van der Waals surface area contributed by atoms with E-state index in [1.165, 1.54) is 5.56 Å². The summed E-state index contributed by atoms with van der Waals surface area (Å²) < 4.78 is 5.58. The third-order valence-electron chi connectivity index (χ3n) is 3.58. The molecule has 0 saturated heterocycles. The minimum Gasteiger partial charge on any atom is -0.494 e. The van der Waals surface area contributed by atoms with Gasteiger partial charge in [0.25, 0.3) is 0 Å². The molecule has 0 amide bonds. The van der Waals surface area contributed by atoms with Crippen molar-refractivity contribution >= 4 is 22.4 Å². The summed E-state index contributed by atoms with van der Waals surface area (Å²) in [5, 5.41) is 9.69. The minimum atomic E-state index is 0.645. The van der Waals surface area contributed by atoms with E-state index in [0.717, 1.165) is 28.1 Å². The van der Waals surface area contributed by atoms with Gasteiger partial charge in [0, 0.05) is 33.1 Å². The number of thiazole rings is 1. The maximum atomic E-state index is 5.58. The molecule has 1 aromatic heterocycles. The smallest absolute Gasteiger partial charge is 0.191 e. The highest BCUT2D eigenvalue weighted by atomic mass is 32.1. The Hall–Kier alpha value is -2.28. The van der Waals surface area contributed by atoms with E-state index in [1.807, 2.05) is 32.0 Å². The van der Waals surface area contributed by atoms with E-state index in [2.05, 4.69) is 45.0 Å². The normalized spacial score (nSPS) is 11.3. The Kier molecular flexibility index (Phi) is 7.06. The maximum absolute atomic E-state index is 5.58. The molecule has 0 aliphatic carbocycles. The molecule has 0 aliphatic rings. The third-order valence-corrected chi connectivity index (χ3v) is 4.64. The summed E-state index contributed by atoms with van der Waals surface area (Å²) in [5.74, 6) is 1.69. The van der Waals surface area contributed by atoms with Gasteiger partial charge in [0.1, 0.15) is 5.75 Å². The molecule has 6 nitrogen and oxygen atoms in total. The van der Waals surface area contributed by atoms with Crippen LogP contribution in [0.4, 0.5) is 5.13 Å². The van der Waals surface area contributed by atoms with Gasteiger partial charge in [-0.25, -0.2) is 4.98 Å². The topological polar surface area (TPSA) is 61.8 Å². The van der Waals surface area contributed by atoms with Crippen molar-refractivity contribution in [3.63, 3.8) is 0 Å². The summed E-state index contributed by atoms with van der Waals surface area (Å²) in [7, 11) is 5.76. The lowest BCUT2D eigenvalue weighted by molar-refractivity contribution is 0.338. The molecule has 2 rings (SSSR count). The highest BCUT2D eigenvalue weighted by Crippen LogP contribution is 2.19. The van der Waals surface area contributed by atoms with Crippen molar-refractivity contribution in [1.29, 1.82) is 0 Å². The lowest BCUT2D eigenvalue weighted by atomic mass is 10.1. The second kappa shape index (κ2) is 9.27. The predicted octanol–water partition coefficient (Wildman–Crippen LogP) is 2.78. The monoisotopic (exact) mass is 361 g/mol. The van der Waals surface area contributed by atoms with Crippen LogP contribution in [0.15, 0.2) is 28.6 Å². The summed E-state index contributed by atoms with van der Waals surface area (Å²) in [6.07, 6.45) is 0. The van der Waals surface area contributed by atoms with E-state index >= 15 is 0 Å². The number of benzene rings is 1. The molecule has 1 heterocycles. The van der Waals surface area contributed by atoms with Gasteiger partial charge < -0.3 is 20.3 Å². The van der Waals surface area contributed by atoms with E-state index < -0.39 is 0 Å². The third kappa shape index (κ3) is 5.63. The van der Waals surface area contributed by atoms with Gasteiger partial charge in [0.05, 0.1) is 18.8 Å². The lowest BCUT2D eigenvalue weighted by Crippen LogP contribution is -2.36. The molecule has 2 aromatic rings. The summed E-state index contributed by atoms with van der Waals surface area (Å²) in [6, 6.07) is 6.22. The average Bonchev–Trinajstić information content (AvgIpc) is 3.07. The van der Waals surface area contributed by atoms with Crippen molar-refractivity contribution in [2.75, 3.05) is 32.6 Å². The average molecular weight is 362 g/mol. The van der Waals surface area contributed by atoms with E-state index in [1.54, 1.807) is 18.4 Å². The molecule has 2 N–H and O–H groups in total. The number of hydrogen-bond acceptors (Lipinski definition) is 5. The first kappa shape index (κ1) is 19.1. The van der Waals surface area contributed by atoms with Crippen molar-refractivity contribution < 1.29 is 4.74 Å². The van der Waals surface area contributed by atoms with Crippen LogP contribution in [-0.4, -0.2) is 38.7 Å². The van der Waals surface area contributed by atoms with E-state index in [0.29, 0.717) is 19.7 Å². The van der Waals surface area contributed by atoms with Gasteiger partial charge in [0.15, 0.2) is 11.1 Å². The molecule has 7 heteroatoms. The molecular formula is C18H27N5OS. The summed E-state index contributed by atoms with van der Waals surface area (Å²) in [4.78, 5) is 10.8. The maximum Gasteiger partial charge on any atom is 0.191 e. The van der Waals surface area contributed by atoms with Gasteiger partial charge in [-0.05, 0) is 31.0 Å². The van der Waals surface area contributed by atoms with Crippen molar-refractivity contribution in [1.82, 2.24) is 15.6 Å². The van der Waals surface area contributed by atoms with Gasteiger partial charge in [-0.1, -0.05) is 12.1 Å². The number of aryl methyl sites for hydroxylation is 1. The van der Waals surface area contributed by atoms with Crippen LogP contribution in [0.5, 0.6) is 5.75 Å². The largest absolute Gasteiger partial charge is 0.494 e. The number of ether oxygens (including phenoxy) is 1. The van der Waals surface area contributed by atoms with Crippen molar-refractivity contribution in [3.05, 3.63) is 40.4 Å². The Balaban J connectivity index is 1.86. The Morgan fingerprint density at radius 2 is 2.04 bits per heavy atom. The number of nitrogens with one attached hydrogen (secondary N) is 2. The molecule has 0 atom stereocenters. The zero-order valence-corrected chi connectivity index (χ0v) is 16.4. The molecule has 136 valence electrons. The SMILES string of the molecule is CCOc1ccc(CNC(=NC)NCc2csc(N(C)C)n2)cc1C. The van der Waals surface area contributed by atoms with Crippen LogP contribution in [0.3, 0.4) is 0 Å². The van der Waals surface area contributed by atoms with E-state index in [9.17, 15) is 0 Å². The molecule has 0 fully saturated rings. The predicted molar refractivity (Wildman–Crippen MR) is 106 cm³/mol. The number of guanidine groups is 1. The molecule has 0 radical (unpaired) electrons. The number of anilines is 1. The van der Waals surface area contributed by atoms with Gasteiger partial charge >= 0.3 is 0 Å². The standard InChI is InChI=1S/C18H27N5OS/c1-6-24-16-8-7-14(9-13(16)2)10-20-17(19-3)21-11-15-12-25-18(22-15)23(4)5/h7-9,12H,6,10-11H2,1-5H3,(H2,19,20,21). The molecule has 0 unspecified atom stereocenters. The molecule has 0 aliphatic heterocycles. The molecule has 0 spiro atoms. The zero-order valence-electron chi connectivity index (χ0n) is 15.6. The summed E-state index contributed by atoms with van der Waals surface area (Å²) in [5.41, 5.74) is 3.34. The molecule has 0 saturated carbocycles. The zero-order chi connectivity index (χ0) is 18.2. The van der Waals surface area contributed by atoms with Crippen molar-refractivity contribution in [2.24, 2.45) is 4.99 Å². The highest BCUT2D eigenvalue weighted by Gasteiger charge is 2.06. The van der Waals surface area contributed by atoms with Crippen LogP contribution >= 0.6 is 11.3 Å². The Bertz CT molecular complexity index is 711. The second-order valence-electron chi connectivity index (χ2n) is 5.83. The second-order valence-corrected chi connectivity index (χ2v) is 6.66. The molecular weight excluding hydrogens is 334 g/mol. The lowest BCUT2D eigenvalue weighted by Gasteiger charge is -2.13. The number of aliphatic imine (C=N–C) groups is 1. The van der Waals surface area contributed by atoms with Gasteiger partial charge in [-0.2, -0.15) is 0 Å². The Morgan fingerprint density at radius 3 is 2.64 bits per heavy atom. The first-order valence-electron chi connectivity index (χ1n) is 8.32. The van der Waals surface area contributed by atoms with E-state index in [4.69, 9.17) is 4.74 Å². The summed E-state index contributed by atoms with van der Waals surface area (Å²) >= 11 is 1.64. The van der Waals surface area contributed by atoms with Gasteiger partial charge in [-0.15, -0.1) is 11.3 Å². The number of aromatic nitrogens is 1. The van der Waals surface area contributed by atoms with E-state index in [-0.39, 0.29) is 0 Å². The first-order chi connectivity index (χ1) is 12.0. The Morgan fingerprint density at radius 1 is 1.28 bits per heavy atom. The minimum absolute atomic E-state index is 0.645. The molecule has 0 bridgehead atoms. The van der Waals surface area contributed by atoms with Crippen LogP contribution in [0.25, 0.3) is 0 Å². The number of hydrogen-bond donors (Lipinski definition) is 2. The molecule has 1 aromatic carbocycles. The number of nitrogens with zero attached hydrogens (tertiary/aromatic N) is 3. The van der Waals surface area contributed by atoms with Crippen LogP contribution in [0, 0.1) is 6.92 Å². The molecule has 25 heavy (non-hydrogen) atoms. The fourth-order valence-corrected chi connectivity index (χ4v) is 3.06.